The summed E-state index contributed by atoms with van der Waals surface area (Å²) in [6.45, 7) is 2.51. The van der Waals surface area contributed by atoms with Crippen molar-refractivity contribution in [3.63, 3.8) is 0 Å². The van der Waals surface area contributed by atoms with Crippen LogP contribution >= 0.6 is 0 Å². The van der Waals surface area contributed by atoms with Crippen LogP contribution in [0, 0.1) is 0 Å². The summed E-state index contributed by atoms with van der Waals surface area (Å²) in [7, 11) is 0. The van der Waals surface area contributed by atoms with E-state index in [1.165, 1.54) is 6.08 Å². The molecule has 0 spiro atoms. The van der Waals surface area contributed by atoms with Crippen LogP contribution in [0.3, 0.4) is 0 Å². The molecule has 0 bridgehead atoms. The van der Waals surface area contributed by atoms with E-state index in [-0.39, 0.29) is 12.3 Å². The minimum atomic E-state index is -0.656. The lowest BCUT2D eigenvalue weighted by atomic mass is 10.2. The molecule has 0 amide bonds. The number of aromatic nitrogens is 2. The first-order valence-electron chi connectivity index (χ1n) is 6.73. The van der Waals surface area contributed by atoms with Gasteiger partial charge in [-0.25, -0.2) is 4.79 Å². The Morgan fingerprint density at radius 1 is 1.45 bits per heavy atom. The summed E-state index contributed by atoms with van der Waals surface area (Å²) in [5.74, 6) is -0.656. The Hall–Kier alpha value is -3.05. The molecule has 7 heteroatoms. The first-order chi connectivity index (χ1) is 10.7. The molecule has 1 aromatic heterocycles. The van der Waals surface area contributed by atoms with E-state index in [9.17, 15) is 4.79 Å². The molecule has 0 saturated heterocycles. The minimum absolute atomic E-state index is 0.0939. The molecule has 0 aliphatic heterocycles. The molecule has 0 unspecified atom stereocenters. The van der Waals surface area contributed by atoms with Crippen molar-refractivity contribution in [3.8, 4) is 0 Å². The highest BCUT2D eigenvalue weighted by atomic mass is 16.5. The summed E-state index contributed by atoms with van der Waals surface area (Å²) in [6, 6.07) is 9.87. The smallest absolute Gasteiger partial charge is 0.340 e. The number of azide groups is 1. The van der Waals surface area contributed by atoms with Gasteiger partial charge in [0.15, 0.2) is 0 Å². The molecule has 1 heterocycles. The third kappa shape index (κ3) is 4.22. The van der Waals surface area contributed by atoms with E-state index in [0.29, 0.717) is 12.1 Å². The lowest BCUT2D eigenvalue weighted by Gasteiger charge is -2.01. The highest BCUT2D eigenvalue weighted by Crippen LogP contribution is 2.11. The van der Waals surface area contributed by atoms with Gasteiger partial charge in [0.05, 0.1) is 19.3 Å². The third-order valence-electron chi connectivity index (χ3n) is 2.78. The Kier molecular flexibility index (Phi) is 5.34. The Balaban J connectivity index is 2.17. The molecule has 0 N–H and O–H groups in total. The fraction of sp³-hybridized carbons (Fsp3) is 0.200. The number of carbonyl (C=O) groups is 1. The second-order valence-electron chi connectivity index (χ2n) is 4.40. The highest BCUT2D eigenvalue weighted by molar-refractivity contribution is 5.93. The van der Waals surface area contributed by atoms with Crippen molar-refractivity contribution < 1.29 is 9.53 Å². The lowest BCUT2D eigenvalue weighted by Crippen LogP contribution is -2.05. The summed E-state index contributed by atoms with van der Waals surface area (Å²) >= 11 is 0. The molecule has 0 atom stereocenters. The van der Waals surface area contributed by atoms with Gasteiger partial charge in [0.25, 0.3) is 0 Å². The normalized spacial score (nSPS) is 10.9. The van der Waals surface area contributed by atoms with Crippen LogP contribution in [0.15, 0.2) is 53.5 Å². The van der Waals surface area contributed by atoms with Crippen LogP contribution in [-0.4, -0.2) is 22.4 Å². The first kappa shape index (κ1) is 15.3. The van der Waals surface area contributed by atoms with Gasteiger partial charge in [0, 0.05) is 16.7 Å². The number of esters is 1. The van der Waals surface area contributed by atoms with E-state index >= 15 is 0 Å². The number of ether oxygens (including phenoxy) is 1. The van der Waals surface area contributed by atoms with Gasteiger partial charge in [-0.05, 0) is 24.1 Å². The van der Waals surface area contributed by atoms with Gasteiger partial charge in [-0.3, -0.25) is 4.68 Å². The number of rotatable bonds is 6. The van der Waals surface area contributed by atoms with Crippen LogP contribution in [0.2, 0.25) is 0 Å². The minimum Gasteiger partial charge on any atom is -0.462 e. The van der Waals surface area contributed by atoms with Crippen LogP contribution in [-0.2, 0) is 16.1 Å². The standard InChI is InChI=1S/C15H15N5O2/c1-2-22-15(21)14(18-19-16)8-13-9-17-20(11-13)10-12-6-4-3-5-7-12/h3-9,11H,2,10H2,1H3. The quantitative estimate of drug-likeness (QED) is 0.269. The third-order valence-corrected chi connectivity index (χ3v) is 2.78. The van der Waals surface area contributed by atoms with E-state index in [4.69, 9.17) is 10.3 Å². The number of nitrogens with zero attached hydrogens (tertiary/aromatic N) is 5. The van der Waals surface area contributed by atoms with Crippen molar-refractivity contribution in [3.05, 3.63) is 70.0 Å². The zero-order valence-electron chi connectivity index (χ0n) is 12.1. The summed E-state index contributed by atoms with van der Waals surface area (Å²) in [6.07, 6.45) is 4.81. The van der Waals surface area contributed by atoms with Gasteiger partial charge in [-0.2, -0.15) is 5.10 Å². The molecule has 112 valence electrons. The molecule has 7 nitrogen and oxygen atoms in total. The van der Waals surface area contributed by atoms with Crippen molar-refractivity contribution in [2.75, 3.05) is 6.61 Å². The van der Waals surface area contributed by atoms with E-state index in [1.807, 2.05) is 30.3 Å². The molecular formula is C15H15N5O2. The highest BCUT2D eigenvalue weighted by Gasteiger charge is 2.09. The monoisotopic (exact) mass is 297 g/mol. The van der Waals surface area contributed by atoms with Gasteiger partial charge >= 0.3 is 5.97 Å². The molecule has 1 aromatic carbocycles. The van der Waals surface area contributed by atoms with Crippen LogP contribution in [0.5, 0.6) is 0 Å². The second-order valence-corrected chi connectivity index (χ2v) is 4.40. The fourth-order valence-electron chi connectivity index (χ4n) is 1.85. The van der Waals surface area contributed by atoms with Gasteiger partial charge in [-0.15, -0.1) is 0 Å². The van der Waals surface area contributed by atoms with Crippen molar-refractivity contribution in [2.24, 2.45) is 5.11 Å². The fourth-order valence-corrected chi connectivity index (χ4v) is 1.85. The van der Waals surface area contributed by atoms with E-state index in [2.05, 4.69) is 15.1 Å². The average Bonchev–Trinajstić information content (AvgIpc) is 2.95. The number of carbonyl (C=O) groups excluding carboxylic acids is 1. The Morgan fingerprint density at radius 2 is 2.23 bits per heavy atom. The van der Waals surface area contributed by atoms with Crippen molar-refractivity contribution >= 4 is 12.0 Å². The summed E-state index contributed by atoms with van der Waals surface area (Å²) in [4.78, 5) is 14.3. The van der Waals surface area contributed by atoms with Crippen LogP contribution in [0.1, 0.15) is 18.1 Å². The largest absolute Gasteiger partial charge is 0.462 e. The van der Waals surface area contributed by atoms with Crippen molar-refractivity contribution in [2.45, 2.75) is 13.5 Å². The number of benzene rings is 1. The maximum Gasteiger partial charge on any atom is 0.340 e. The van der Waals surface area contributed by atoms with Crippen LogP contribution < -0.4 is 0 Å². The number of hydrogen-bond acceptors (Lipinski definition) is 4. The van der Waals surface area contributed by atoms with E-state index in [1.54, 1.807) is 24.0 Å². The SMILES string of the molecule is CCOC(=O)C(=Cc1cnn(Cc2ccccc2)c1)N=[N+]=[N-]. The van der Waals surface area contributed by atoms with Crippen molar-refractivity contribution in [1.82, 2.24) is 9.78 Å². The van der Waals surface area contributed by atoms with E-state index in [0.717, 1.165) is 5.56 Å². The maximum atomic E-state index is 11.7. The second kappa shape index (κ2) is 7.66. The van der Waals surface area contributed by atoms with Crippen LogP contribution in [0.25, 0.3) is 16.5 Å². The molecule has 0 aliphatic rings. The average molecular weight is 297 g/mol. The van der Waals surface area contributed by atoms with Crippen LogP contribution in [0.4, 0.5) is 0 Å². The summed E-state index contributed by atoms with van der Waals surface area (Å²) in [5, 5.41) is 7.58. The molecule has 0 saturated carbocycles. The zero-order valence-corrected chi connectivity index (χ0v) is 12.1. The summed E-state index contributed by atoms with van der Waals surface area (Å²) in [5.41, 5.74) is 10.2. The number of hydrogen-bond donors (Lipinski definition) is 0. The molecule has 0 radical (unpaired) electrons. The predicted octanol–water partition coefficient (Wildman–Crippen LogP) is 3.15. The molecule has 2 aromatic rings. The Bertz CT molecular complexity index is 715. The topological polar surface area (TPSA) is 92.9 Å². The molecule has 2 rings (SSSR count). The maximum absolute atomic E-state index is 11.7. The van der Waals surface area contributed by atoms with Gasteiger partial charge in [0.1, 0.15) is 5.70 Å². The molecule has 0 aliphatic carbocycles. The predicted molar refractivity (Wildman–Crippen MR) is 81.5 cm³/mol. The van der Waals surface area contributed by atoms with E-state index < -0.39 is 5.97 Å². The van der Waals surface area contributed by atoms with Gasteiger partial charge in [-0.1, -0.05) is 35.4 Å². The molecule has 22 heavy (non-hydrogen) atoms. The van der Waals surface area contributed by atoms with Crippen molar-refractivity contribution in [1.29, 1.82) is 0 Å². The van der Waals surface area contributed by atoms with Gasteiger partial charge < -0.3 is 4.74 Å². The molecule has 0 fully saturated rings. The summed E-state index contributed by atoms with van der Waals surface area (Å²) < 4.78 is 6.57. The zero-order chi connectivity index (χ0) is 15.8. The molecular weight excluding hydrogens is 282 g/mol. The van der Waals surface area contributed by atoms with Gasteiger partial charge in [0.2, 0.25) is 0 Å². The lowest BCUT2D eigenvalue weighted by molar-refractivity contribution is -0.138. The first-order valence-corrected chi connectivity index (χ1v) is 6.73. The Labute approximate surface area is 127 Å². The Morgan fingerprint density at radius 3 is 2.91 bits per heavy atom.